The first-order chi connectivity index (χ1) is 15.3. The van der Waals surface area contributed by atoms with Crippen molar-refractivity contribution in [1.82, 2.24) is 20.5 Å². The zero-order valence-electron chi connectivity index (χ0n) is 18.1. The average molecular weight is 445 g/mol. The number of nitrogens with zero attached hydrogens (tertiary/aromatic N) is 3. The lowest BCUT2D eigenvalue weighted by atomic mass is 10.0. The Hall–Kier alpha value is -3.67. The molecule has 1 aliphatic rings. The minimum Gasteiger partial charge on any atom is -0.495 e. The Morgan fingerprint density at radius 2 is 2.03 bits per heavy atom. The van der Waals surface area contributed by atoms with E-state index in [1.54, 1.807) is 25.3 Å². The highest BCUT2D eigenvalue weighted by atomic mass is 16.5. The van der Waals surface area contributed by atoms with Gasteiger partial charge < -0.3 is 36.3 Å². The topological polar surface area (TPSA) is 174 Å². The molecule has 0 radical (unpaired) electrons. The van der Waals surface area contributed by atoms with Crippen molar-refractivity contribution in [2.75, 3.05) is 31.0 Å². The third kappa shape index (κ3) is 5.52. The Morgan fingerprint density at radius 3 is 2.69 bits per heavy atom. The van der Waals surface area contributed by atoms with Gasteiger partial charge in [-0.25, -0.2) is 9.78 Å². The summed E-state index contributed by atoms with van der Waals surface area (Å²) in [6, 6.07) is 4.35. The summed E-state index contributed by atoms with van der Waals surface area (Å²) in [7, 11) is 1.58. The van der Waals surface area contributed by atoms with E-state index >= 15 is 0 Å². The smallest absolute Gasteiger partial charge is 0.405 e. The fourth-order valence-electron chi connectivity index (χ4n) is 3.40. The van der Waals surface area contributed by atoms with Crippen LogP contribution in [-0.4, -0.2) is 64.7 Å². The van der Waals surface area contributed by atoms with Crippen molar-refractivity contribution in [2.24, 2.45) is 5.73 Å². The van der Waals surface area contributed by atoms with E-state index in [4.69, 9.17) is 20.3 Å². The molecule has 1 saturated heterocycles. The third-order valence-electron chi connectivity index (χ3n) is 4.94. The summed E-state index contributed by atoms with van der Waals surface area (Å²) in [5.74, 6) is 0.849. The quantitative estimate of drug-likeness (QED) is 0.402. The number of carbonyl (C=O) groups is 2. The van der Waals surface area contributed by atoms with E-state index < -0.39 is 18.0 Å². The molecule has 32 heavy (non-hydrogen) atoms. The van der Waals surface area contributed by atoms with Crippen LogP contribution in [0.25, 0.3) is 0 Å². The molecule has 2 atom stereocenters. The number of ether oxygens (including phenoxy) is 2. The minimum atomic E-state index is -1.14. The van der Waals surface area contributed by atoms with Gasteiger partial charge in [0.2, 0.25) is 0 Å². The van der Waals surface area contributed by atoms with Gasteiger partial charge in [0.05, 0.1) is 37.2 Å². The SMILES string of the molecule is COc1ccc(Nc2cc(N[C@@H]3CCOC[C@@H]3NC(=O)O)nnc2C(N)=O)nc1C(C)C. The number of hydrogen-bond acceptors (Lipinski definition) is 9. The van der Waals surface area contributed by atoms with Gasteiger partial charge >= 0.3 is 6.09 Å². The number of anilines is 3. The van der Waals surface area contributed by atoms with E-state index in [-0.39, 0.29) is 24.3 Å². The van der Waals surface area contributed by atoms with Crippen LogP contribution in [0.15, 0.2) is 18.2 Å². The molecule has 0 aliphatic carbocycles. The zero-order chi connectivity index (χ0) is 23.3. The molecule has 6 N–H and O–H groups in total. The van der Waals surface area contributed by atoms with Crippen LogP contribution >= 0.6 is 0 Å². The zero-order valence-corrected chi connectivity index (χ0v) is 18.1. The summed E-state index contributed by atoms with van der Waals surface area (Å²) in [6.07, 6.45) is -0.582. The van der Waals surface area contributed by atoms with Gasteiger partial charge in [0.25, 0.3) is 5.91 Å². The van der Waals surface area contributed by atoms with Gasteiger partial charge in [-0.05, 0) is 24.5 Å². The van der Waals surface area contributed by atoms with Crippen LogP contribution in [0.2, 0.25) is 0 Å². The maximum absolute atomic E-state index is 11.9. The third-order valence-corrected chi connectivity index (χ3v) is 4.94. The molecular weight excluding hydrogens is 418 g/mol. The monoisotopic (exact) mass is 445 g/mol. The normalized spacial score (nSPS) is 18.1. The first-order valence-electron chi connectivity index (χ1n) is 10.1. The van der Waals surface area contributed by atoms with Gasteiger partial charge in [-0.2, -0.15) is 0 Å². The van der Waals surface area contributed by atoms with E-state index in [0.29, 0.717) is 36.1 Å². The highest BCUT2D eigenvalue weighted by Crippen LogP contribution is 2.28. The van der Waals surface area contributed by atoms with Gasteiger partial charge in [-0.15, -0.1) is 10.2 Å². The van der Waals surface area contributed by atoms with Crippen LogP contribution in [0, 0.1) is 0 Å². The number of methoxy groups -OCH3 is 1. The molecule has 12 heteroatoms. The molecule has 2 amide bonds. The Bertz CT molecular complexity index is 985. The number of rotatable bonds is 8. The molecule has 12 nitrogen and oxygen atoms in total. The van der Waals surface area contributed by atoms with Crippen LogP contribution in [0.1, 0.15) is 42.4 Å². The largest absolute Gasteiger partial charge is 0.495 e. The number of pyridine rings is 1. The molecule has 3 heterocycles. The van der Waals surface area contributed by atoms with E-state index in [1.165, 1.54) is 0 Å². The summed E-state index contributed by atoms with van der Waals surface area (Å²) in [6.45, 7) is 4.70. The van der Waals surface area contributed by atoms with Crippen LogP contribution in [0.3, 0.4) is 0 Å². The van der Waals surface area contributed by atoms with Crippen molar-refractivity contribution in [3.63, 3.8) is 0 Å². The van der Waals surface area contributed by atoms with Crippen LogP contribution in [0.5, 0.6) is 5.75 Å². The highest BCUT2D eigenvalue weighted by Gasteiger charge is 2.28. The minimum absolute atomic E-state index is 0.0496. The van der Waals surface area contributed by atoms with Gasteiger partial charge in [0.1, 0.15) is 11.6 Å². The van der Waals surface area contributed by atoms with E-state index in [1.807, 2.05) is 13.8 Å². The van der Waals surface area contributed by atoms with Crippen LogP contribution in [0.4, 0.5) is 22.1 Å². The molecule has 0 aromatic carbocycles. The number of nitrogens with two attached hydrogens (primary N) is 1. The van der Waals surface area contributed by atoms with Crippen molar-refractivity contribution in [3.05, 3.63) is 29.6 Å². The maximum Gasteiger partial charge on any atom is 0.405 e. The first kappa shape index (κ1) is 23.0. The molecule has 0 bridgehead atoms. The second-order valence-electron chi connectivity index (χ2n) is 7.59. The van der Waals surface area contributed by atoms with Crippen molar-refractivity contribution in [2.45, 2.75) is 38.3 Å². The number of aromatic nitrogens is 3. The van der Waals surface area contributed by atoms with Crippen molar-refractivity contribution >= 4 is 29.3 Å². The molecule has 1 fully saturated rings. The number of nitrogens with one attached hydrogen (secondary N) is 3. The fourth-order valence-corrected chi connectivity index (χ4v) is 3.40. The molecule has 0 unspecified atom stereocenters. The Balaban J connectivity index is 1.87. The Kier molecular flexibility index (Phi) is 7.25. The number of hydrogen-bond donors (Lipinski definition) is 5. The van der Waals surface area contributed by atoms with Gasteiger partial charge in [0.15, 0.2) is 11.5 Å². The predicted molar refractivity (Wildman–Crippen MR) is 117 cm³/mol. The maximum atomic E-state index is 11.9. The Labute approximate surface area is 184 Å². The van der Waals surface area contributed by atoms with Crippen molar-refractivity contribution in [3.8, 4) is 5.75 Å². The number of amides is 2. The average Bonchev–Trinajstić information content (AvgIpc) is 2.74. The van der Waals surface area contributed by atoms with Crippen molar-refractivity contribution in [1.29, 1.82) is 0 Å². The molecular formula is C20H27N7O5. The van der Waals surface area contributed by atoms with E-state index in [2.05, 4.69) is 31.1 Å². The fraction of sp³-hybridized carbons (Fsp3) is 0.450. The summed E-state index contributed by atoms with van der Waals surface area (Å²) >= 11 is 0. The van der Waals surface area contributed by atoms with Crippen LogP contribution in [-0.2, 0) is 4.74 Å². The van der Waals surface area contributed by atoms with Gasteiger partial charge in [-0.3, -0.25) is 4.79 Å². The Morgan fingerprint density at radius 1 is 1.25 bits per heavy atom. The lowest BCUT2D eigenvalue weighted by Crippen LogP contribution is -2.52. The second kappa shape index (κ2) is 10.1. The highest BCUT2D eigenvalue weighted by molar-refractivity contribution is 5.97. The number of primary amides is 1. The first-order valence-corrected chi connectivity index (χ1v) is 10.1. The lowest BCUT2D eigenvalue weighted by Gasteiger charge is -2.32. The van der Waals surface area contributed by atoms with Gasteiger partial charge in [0, 0.05) is 12.7 Å². The standard InChI is InChI=1S/C20H27N7O5/c1-10(2)17-14(31-3)4-5-15(25-17)23-12-8-16(26-27-18(12)19(21)28)22-11-6-7-32-9-13(11)24-20(29)30/h4-5,8,10-11,13,24H,6-7,9H2,1-3H3,(H2,21,28)(H,29,30)(H2,22,23,25,26)/t11-,13+/m1/s1. The predicted octanol–water partition coefficient (Wildman–Crippen LogP) is 1.68. The van der Waals surface area contributed by atoms with Crippen molar-refractivity contribution < 1.29 is 24.2 Å². The van der Waals surface area contributed by atoms with E-state index in [0.717, 1.165) is 5.69 Å². The lowest BCUT2D eigenvalue weighted by molar-refractivity contribution is 0.0625. The molecule has 0 saturated carbocycles. The summed E-state index contributed by atoms with van der Waals surface area (Å²) in [5, 5.41) is 25.7. The summed E-state index contributed by atoms with van der Waals surface area (Å²) in [4.78, 5) is 27.5. The molecule has 2 aromatic rings. The molecule has 2 aromatic heterocycles. The number of carboxylic acid groups (broad SMARTS) is 1. The molecule has 1 aliphatic heterocycles. The summed E-state index contributed by atoms with van der Waals surface area (Å²) < 4.78 is 10.7. The van der Waals surface area contributed by atoms with Gasteiger partial charge in [-0.1, -0.05) is 13.8 Å². The number of carbonyl (C=O) groups excluding carboxylic acids is 1. The molecule has 3 rings (SSSR count). The second-order valence-corrected chi connectivity index (χ2v) is 7.59. The molecule has 172 valence electrons. The summed E-state index contributed by atoms with van der Waals surface area (Å²) in [5.41, 5.74) is 6.49. The molecule has 0 spiro atoms. The van der Waals surface area contributed by atoms with Crippen LogP contribution < -0.4 is 26.4 Å². The van der Waals surface area contributed by atoms with E-state index in [9.17, 15) is 9.59 Å².